The molecule has 0 aliphatic heterocycles. The Kier molecular flexibility index (Phi) is 4.85. The van der Waals surface area contributed by atoms with Crippen molar-refractivity contribution in [3.8, 4) is 0 Å². The van der Waals surface area contributed by atoms with E-state index in [0.29, 0.717) is 12.5 Å². The third kappa shape index (κ3) is 3.90. The van der Waals surface area contributed by atoms with Gasteiger partial charge in [0.25, 0.3) is 0 Å². The second kappa shape index (κ2) is 5.99. The highest BCUT2D eigenvalue weighted by Crippen LogP contribution is 2.26. The molecule has 1 aromatic carbocycles. The Labute approximate surface area is 106 Å². The minimum atomic E-state index is -5.10. The van der Waals surface area contributed by atoms with Gasteiger partial charge in [-0.2, -0.15) is 13.2 Å². The normalized spacial score (nSPS) is 11.5. The second-order valence-electron chi connectivity index (χ2n) is 3.90. The van der Waals surface area contributed by atoms with Crippen LogP contribution in [0, 0.1) is 11.6 Å². The van der Waals surface area contributed by atoms with E-state index in [4.69, 9.17) is 0 Å². The number of alkyl halides is 3. The molecule has 106 valence electrons. The molecule has 1 amide bonds. The van der Waals surface area contributed by atoms with Crippen LogP contribution in [0.15, 0.2) is 18.2 Å². The maximum absolute atomic E-state index is 13.5. The average Bonchev–Trinajstić information content (AvgIpc) is 2.30. The van der Waals surface area contributed by atoms with Gasteiger partial charge >= 0.3 is 12.1 Å². The van der Waals surface area contributed by atoms with E-state index in [1.807, 2.05) is 0 Å². The first-order valence-electron chi connectivity index (χ1n) is 5.61. The van der Waals surface area contributed by atoms with E-state index >= 15 is 0 Å². The SMILES string of the molecule is CCCCN(C(=O)C(F)(F)F)c1ccc(F)cc1F. The Bertz CT molecular complexity index is 458. The zero-order valence-electron chi connectivity index (χ0n) is 10.1. The monoisotopic (exact) mass is 281 g/mol. The molecule has 0 aromatic heterocycles. The zero-order valence-corrected chi connectivity index (χ0v) is 10.1. The smallest absolute Gasteiger partial charge is 0.302 e. The molecule has 19 heavy (non-hydrogen) atoms. The summed E-state index contributed by atoms with van der Waals surface area (Å²) in [6.07, 6.45) is -4.29. The van der Waals surface area contributed by atoms with Gasteiger partial charge in [-0.1, -0.05) is 13.3 Å². The van der Waals surface area contributed by atoms with Crippen LogP contribution in [-0.4, -0.2) is 18.6 Å². The molecule has 0 saturated carbocycles. The third-order valence-corrected chi connectivity index (χ3v) is 2.42. The molecule has 0 atom stereocenters. The Morgan fingerprint density at radius 2 is 1.89 bits per heavy atom. The summed E-state index contributed by atoms with van der Waals surface area (Å²) in [5.74, 6) is -4.28. The van der Waals surface area contributed by atoms with Crippen molar-refractivity contribution in [3.63, 3.8) is 0 Å². The van der Waals surface area contributed by atoms with Gasteiger partial charge < -0.3 is 4.90 Å². The molecule has 0 unspecified atom stereocenters. The molecule has 0 heterocycles. The van der Waals surface area contributed by atoms with E-state index in [9.17, 15) is 26.7 Å². The summed E-state index contributed by atoms with van der Waals surface area (Å²) in [7, 11) is 0. The highest BCUT2D eigenvalue weighted by Gasteiger charge is 2.43. The van der Waals surface area contributed by atoms with Crippen LogP contribution in [-0.2, 0) is 4.79 Å². The number of amides is 1. The molecule has 0 bridgehead atoms. The lowest BCUT2D eigenvalue weighted by atomic mass is 10.2. The van der Waals surface area contributed by atoms with Crippen LogP contribution >= 0.6 is 0 Å². The second-order valence-corrected chi connectivity index (χ2v) is 3.90. The molecule has 0 radical (unpaired) electrons. The number of hydrogen-bond acceptors (Lipinski definition) is 1. The van der Waals surface area contributed by atoms with Gasteiger partial charge in [-0.25, -0.2) is 8.78 Å². The quantitative estimate of drug-likeness (QED) is 0.771. The lowest BCUT2D eigenvalue weighted by molar-refractivity contribution is -0.170. The van der Waals surface area contributed by atoms with Gasteiger partial charge in [0.05, 0.1) is 5.69 Å². The number of hydrogen-bond donors (Lipinski definition) is 0. The number of rotatable bonds is 4. The van der Waals surface area contributed by atoms with Gasteiger partial charge in [-0.05, 0) is 18.6 Å². The fraction of sp³-hybridized carbons (Fsp3) is 0.417. The summed E-state index contributed by atoms with van der Waals surface area (Å²) in [6.45, 7) is 1.44. The van der Waals surface area contributed by atoms with Crippen molar-refractivity contribution < 1.29 is 26.7 Å². The molecular formula is C12H12F5NO. The van der Waals surface area contributed by atoms with Crippen molar-refractivity contribution in [3.05, 3.63) is 29.8 Å². The number of unbranched alkanes of at least 4 members (excludes halogenated alkanes) is 1. The van der Waals surface area contributed by atoms with E-state index in [2.05, 4.69) is 0 Å². The van der Waals surface area contributed by atoms with E-state index in [1.165, 1.54) is 0 Å². The van der Waals surface area contributed by atoms with E-state index in [1.54, 1.807) is 6.92 Å². The number of benzene rings is 1. The van der Waals surface area contributed by atoms with Gasteiger partial charge in [0, 0.05) is 12.6 Å². The van der Waals surface area contributed by atoms with Gasteiger partial charge in [0.15, 0.2) is 0 Å². The number of nitrogens with zero attached hydrogens (tertiary/aromatic N) is 1. The van der Waals surface area contributed by atoms with Gasteiger partial charge in [0.1, 0.15) is 11.6 Å². The lowest BCUT2D eigenvalue weighted by Crippen LogP contribution is -2.42. The van der Waals surface area contributed by atoms with E-state index in [0.717, 1.165) is 12.1 Å². The highest BCUT2D eigenvalue weighted by molar-refractivity contribution is 5.97. The first-order valence-corrected chi connectivity index (χ1v) is 5.61. The van der Waals surface area contributed by atoms with Crippen molar-refractivity contribution >= 4 is 11.6 Å². The summed E-state index contributed by atoms with van der Waals surface area (Å²) in [5.41, 5.74) is -0.572. The van der Waals surface area contributed by atoms with Crippen LogP contribution in [0.2, 0.25) is 0 Å². The number of anilines is 1. The molecule has 0 aliphatic carbocycles. The predicted octanol–water partition coefficient (Wildman–Crippen LogP) is 3.66. The first-order chi connectivity index (χ1) is 8.77. The number of carbonyl (C=O) groups is 1. The van der Waals surface area contributed by atoms with Crippen molar-refractivity contribution in [2.75, 3.05) is 11.4 Å². The fourth-order valence-corrected chi connectivity index (χ4v) is 1.50. The maximum atomic E-state index is 13.5. The van der Waals surface area contributed by atoms with E-state index < -0.39 is 29.4 Å². The summed E-state index contributed by atoms with van der Waals surface area (Å²) in [6, 6.07) is 2.07. The molecule has 0 fully saturated rings. The fourth-order valence-electron chi connectivity index (χ4n) is 1.50. The topological polar surface area (TPSA) is 20.3 Å². The molecule has 0 spiro atoms. The standard InChI is InChI=1S/C12H12F5NO/c1-2-3-6-18(11(19)12(15,16)17)10-5-4-8(13)7-9(10)14/h4-5,7H,2-3,6H2,1H3. The van der Waals surface area contributed by atoms with Crippen LogP contribution in [0.3, 0.4) is 0 Å². The lowest BCUT2D eigenvalue weighted by Gasteiger charge is -2.24. The Hall–Kier alpha value is -1.66. The highest BCUT2D eigenvalue weighted by atomic mass is 19.4. The van der Waals surface area contributed by atoms with Crippen LogP contribution in [0.25, 0.3) is 0 Å². The van der Waals surface area contributed by atoms with Gasteiger partial charge in [-0.15, -0.1) is 0 Å². The van der Waals surface area contributed by atoms with Crippen molar-refractivity contribution in [1.29, 1.82) is 0 Å². The van der Waals surface area contributed by atoms with Crippen LogP contribution in [0.5, 0.6) is 0 Å². The minimum absolute atomic E-state index is 0.276. The number of halogens is 5. The van der Waals surface area contributed by atoms with Crippen molar-refractivity contribution in [2.24, 2.45) is 0 Å². The Morgan fingerprint density at radius 3 is 2.37 bits per heavy atom. The number of carbonyl (C=O) groups excluding carboxylic acids is 1. The van der Waals surface area contributed by atoms with Gasteiger partial charge in [-0.3, -0.25) is 4.79 Å². The Balaban J connectivity index is 3.12. The summed E-state index contributed by atoms with van der Waals surface area (Å²) < 4.78 is 63.5. The van der Waals surface area contributed by atoms with E-state index in [-0.39, 0.29) is 17.9 Å². The summed E-state index contributed by atoms with van der Waals surface area (Å²) in [4.78, 5) is 11.5. The van der Waals surface area contributed by atoms with Gasteiger partial charge in [0.2, 0.25) is 0 Å². The largest absolute Gasteiger partial charge is 0.471 e. The molecule has 0 N–H and O–H groups in total. The molecule has 1 aromatic rings. The maximum Gasteiger partial charge on any atom is 0.471 e. The van der Waals surface area contributed by atoms with Crippen LogP contribution in [0.1, 0.15) is 19.8 Å². The third-order valence-electron chi connectivity index (χ3n) is 2.42. The minimum Gasteiger partial charge on any atom is -0.302 e. The Morgan fingerprint density at radius 1 is 1.26 bits per heavy atom. The van der Waals surface area contributed by atoms with Crippen molar-refractivity contribution in [2.45, 2.75) is 25.9 Å². The summed E-state index contributed by atoms with van der Waals surface area (Å²) >= 11 is 0. The first kappa shape index (κ1) is 15.4. The van der Waals surface area contributed by atoms with Crippen LogP contribution in [0.4, 0.5) is 27.6 Å². The predicted molar refractivity (Wildman–Crippen MR) is 59.7 cm³/mol. The zero-order chi connectivity index (χ0) is 14.6. The molecule has 2 nitrogen and oxygen atoms in total. The molecular weight excluding hydrogens is 269 g/mol. The summed E-state index contributed by atoms with van der Waals surface area (Å²) in [5, 5.41) is 0. The molecule has 1 rings (SSSR count). The van der Waals surface area contributed by atoms with Crippen LogP contribution < -0.4 is 4.90 Å². The molecule has 0 saturated heterocycles. The molecule has 7 heteroatoms. The van der Waals surface area contributed by atoms with Crippen molar-refractivity contribution in [1.82, 2.24) is 0 Å². The molecule has 0 aliphatic rings. The average molecular weight is 281 g/mol.